The number of rotatable bonds is 5. The number of pyridine rings is 1. The van der Waals surface area contributed by atoms with Gasteiger partial charge in [-0.15, -0.1) is 0 Å². The van der Waals surface area contributed by atoms with Crippen LogP contribution in [0.25, 0.3) is 0 Å². The van der Waals surface area contributed by atoms with E-state index in [2.05, 4.69) is 15.6 Å². The molecule has 19 heavy (non-hydrogen) atoms. The third-order valence-electron chi connectivity index (χ3n) is 2.83. The number of benzene rings is 1. The first-order valence-corrected chi connectivity index (χ1v) is 6.25. The summed E-state index contributed by atoms with van der Waals surface area (Å²) < 4.78 is 0. The molecule has 0 unspecified atom stereocenters. The third-order valence-corrected chi connectivity index (χ3v) is 2.83. The minimum atomic E-state index is -0.0975. The van der Waals surface area contributed by atoms with Gasteiger partial charge in [-0.2, -0.15) is 0 Å². The van der Waals surface area contributed by atoms with Crippen molar-refractivity contribution in [2.45, 2.75) is 6.42 Å². The number of aromatic nitrogens is 1. The van der Waals surface area contributed by atoms with Gasteiger partial charge in [0.1, 0.15) is 0 Å². The van der Waals surface area contributed by atoms with Crippen LogP contribution in [0.3, 0.4) is 0 Å². The molecule has 98 valence electrons. The molecule has 2 rings (SSSR count). The van der Waals surface area contributed by atoms with Crippen LogP contribution in [0.2, 0.25) is 0 Å². The number of nitrogens with one attached hydrogen (secondary N) is 2. The lowest BCUT2D eigenvalue weighted by Crippen LogP contribution is -2.17. The van der Waals surface area contributed by atoms with Gasteiger partial charge in [0.15, 0.2) is 0 Å². The van der Waals surface area contributed by atoms with Crippen molar-refractivity contribution in [1.29, 1.82) is 0 Å². The van der Waals surface area contributed by atoms with E-state index in [9.17, 15) is 4.79 Å². The molecule has 1 aromatic heterocycles. The quantitative estimate of drug-likeness (QED) is 0.860. The fraction of sp³-hybridized carbons (Fsp3) is 0.200. The second-order valence-electron chi connectivity index (χ2n) is 4.21. The first-order valence-electron chi connectivity index (χ1n) is 6.25. The van der Waals surface area contributed by atoms with E-state index in [1.165, 1.54) is 0 Å². The summed E-state index contributed by atoms with van der Waals surface area (Å²) in [7, 11) is 1.90. The Kier molecular flexibility index (Phi) is 4.64. The number of amides is 1. The molecule has 0 aliphatic heterocycles. The number of hydrogen-bond donors (Lipinski definition) is 2. The standard InChI is InChI=1S/C15H17N3O/c1-16-10-8-12-5-2-3-7-14(12)15(19)18-13-6-4-9-17-11-13/h2-7,9,11,16H,8,10H2,1H3,(H,18,19). The molecular formula is C15H17N3O. The zero-order chi connectivity index (χ0) is 13.5. The highest BCUT2D eigenvalue weighted by Crippen LogP contribution is 2.12. The number of anilines is 1. The second kappa shape index (κ2) is 6.66. The lowest BCUT2D eigenvalue weighted by atomic mass is 10.0. The van der Waals surface area contributed by atoms with E-state index in [-0.39, 0.29) is 5.91 Å². The molecule has 1 aromatic carbocycles. The van der Waals surface area contributed by atoms with Crippen molar-refractivity contribution in [2.24, 2.45) is 0 Å². The van der Waals surface area contributed by atoms with Gasteiger partial charge < -0.3 is 10.6 Å². The van der Waals surface area contributed by atoms with Gasteiger partial charge in [0.05, 0.1) is 11.9 Å². The highest BCUT2D eigenvalue weighted by atomic mass is 16.1. The zero-order valence-electron chi connectivity index (χ0n) is 10.9. The van der Waals surface area contributed by atoms with Gasteiger partial charge in [-0.1, -0.05) is 18.2 Å². The molecule has 4 nitrogen and oxygen atoms in total. The summed E-state index contributed by atoms with van der Waals surface area (Å²) in [6, 6.07) is 11.3. The van der Waals surface area contributed by atoms with E-state index in [1.807, 2.05) is 37.4 Å². The van der Waals surface area contributed by atoms with Crippen LogP contribution in [0.4, 0.5) is 5.69 Å². The Morgan fingerprint density at radius 2 is 2.05 bits per heavy atom. The smallest absolute Gasteiger partial charge is 0.255 e. The van der Waals surface area contributed by atoms with Gasteiger partial charge in [0, 0.05) is 11.8 Å². The molecule has 2 aromatic rings. The molecule has 1 amide bonds. The van der Waals surface area contributed by atoms with Crippen LogP contribution < -0.4 is 10.6 Å². The van der Waals surface area contributed by atoms with E-state index in [4.69, 9.17) is 0 Å². The van der Waals surface area contributed by atoms with Gasteiger partial charge in [-0.25, -0.2) is 0 Å². The molecule has 0 fully saturated rings. The van der Waals surface area contributed by atoms with Gasteiger partial charge in [-0.3, -0.25) is 9.78 Å². The van der Waals surface area contributed by atoms with E-state index in [0.717, 1.165) is 18.5 Å². The molecule has 0 aliphatic carbocycles. The number of carbonyl (C=O) groups is 1. The Labute approximate surface area is 112 Å². The summed E-state index contributed by atoms with van der Waals surface area (Å²) in [4.78, 5) is 16.2. The summed E-state index contributed by atoms with van der Waals surface area (Å²) in [6.07, 6.45) is 4.14. The molecule has 0 saturated heterocycles. The van der Waals surface area contributed by atoms with Crippen LogP contribution in [0.1, 0.15) is 15.9 Å². The van der Waals surface area contributed by atoms with Crippen LogP contribution in [-0.2, 0) is 6.42 Å². The predicted octanol–water partition coefficient (Wildman–Crippen LogP) is 2.10. The van der Waals surface area contributed by atoms with Crippen LogP contribution in [0, 0.1) is 0 Å². The Morgan fingerprint density at radius 1 is 1.21 bits per heavy atom. The zero-order valence-corrected chi connectivity index (χ0v) is 10.9. The summed E-state index contributed by atoms with van der Waals surface area (Å²) in [5.41, 5.74) is 2.45. The van der Waals surface area contributed by atoms with Crippen LogP contribution in [0.5, 0.6) is 0 Å². The Morgan fingerprint density at radius 3 is 2.79 bits per heavy atom. The van der Waals surface area contributed by atoms with Crippen molar-refractivity contribution in [1.82, 2.24) is 10.3 Å². The molecule has 1 heterocycles. The Bertz CT molecular complexity index is 540. The van der Waals surface area contributed by atoms with Crippen molar-refractivity contribution < 1.29 is 4.79 Å². The molecule has 0 spiro atoms. The highest BCUT2D eigenvalue weighted by molar-refractivity contribution is 6.05. The van der Waals surface area contributed by atoms with Crippen molar-refractivity contribution in [3.05, 3.63) is 59.9 Å². The first-order chi connectivity index (χ1) is 9.31. The molecule has 0 aliphatic rings. The summed E-state index contributed by atoms with van der Waals surface area (Å²) in [5.74, 6) is -0.0975. The summed E-state index contributed by atoms with van der Waals surface area (Å²) in [5, 5.41) is 5.94. The van der Waals surface area contributed by atoms with E-state index >= 15 is 0 Å². The Hall–Kier alpha value is -2.20. The maximum absolute atomic E-state index is 12.2. The fourth-order valence-electron chi connectivity index (χ4n) is 1.85. The number of hydrogen-bond acceptors (Lipinski definition) is 3. The Balaban J connectivity index is 2.14. The van der Waals surface area contributed by atoms with Crippen molar-refractivity contribution in [3.8, 4) is 0 Å². The van der Waals surface area contributed by atoms with Crippen LogP contribution in [0.15, 0.2) is 48.8 Å². The molecule has 0 bridgehead atoms. The SMILES string of the molecule is CNCCc1ccccc1C(=O)Nc1cccnc1. The molecule has 4 heteroatoms. The average Bonchev–Trinajstić information content (AvgIpc) is 2.46. The maximum Gasteiger partial charge on any atom is 0.255 e. The maximum atomic E-state index is 12.2. The summed E-state index contributed by atoms with van der Waals surface area (Å²) in [6.45, 7) is 0.844. The van der Waals surface area contributed by atoms with Gasteiger partial charge in [-0.05, 0) is 43.8 Å². The number of carbonyl (C=O) groups excluding carboxylic acids is 1. The molecule has 0 atom stereocenters. The lowest BCUT2D eigenvalue weighted by Gasteiger charge is -2.09. The second-order valence-corrected chi connectivity index (χ2v) is 4.21. The minimum Gasteiger partial charge on any atom is -0.321 e. The van der Waals surface area contributed by atoms with E-state index < -0.39 is 0 Å². The van der Waals surface area contributed by atoms with Gasteiger partial charge >= 0.3 is 0 Å². The summed E-state index contributed by atoms with van der Waals surface area (Å²) >= 11 is 0. The molecular weight excluding hydrogens is 238 g/mol. The minimum absolute atomic E-state index is 0.0975. The van der Waals surface area contributed by atoms with E-state index in [1.54, 1.807) is 18.5 Å². The van der Waals surface area contributed by atoms with Crippen molar-refractivity contribution in [2.75, 3.05) is 18.9 Å². The van der Waals surface area contributed by atoms with Crippen LogP contribution in [-0.4, -0.2) is 24.5 Å². The van der Waals surface area contributed by atoms with Crippen molar-refractivity contribution in [3.63, 3.8) is 0 Å². The normalized spacial score (nSPS) is 10.2. The average molecular weight is 255 g/mol. The third kappa shape index (κ3) is 3.63. The van der Waals surface area contributed by atoms with E-state index in [0.29, 0.717) is 11.3 Å². The number of nitrogens with zero attached hydrogens (tertiary/aromatic N) is 1. The van der Waals surface area contributed by atoms with Gasteiger partial charge in [0.2, 0.25) is 0 Å². The predicted molar refractivity (Wildman–Crippen MR) is 76.3 cm³/mol. The first kappa shape index (κ1) is 13.2. The highest BCUT2D eigenvalue weighted by Gasteiger charge is 2.10. The fourth-order valence-corrected chi connectivity index (χ4v) is 1.85. The topological polar surface area (TPSA) is 54.0 Å². The number of likely N-dealkylation sites (N-methyl/N-ethyl adjacent to an activating group) is 1. The lowest BCUT2D eigenvalue weighted by molar-refractivity contribution is 0.102. The largest absolute Gasteiger partial charge is 0.321 e. The monoisotopic (exact) mass is 255 g/mol. The van der Waals surface area contributed by atoms with Crippen molar-refractivity contribution >= 4 is 11.6 Å². The molecule has 0 saturated carbocycles. The molecule has 2 N–H and O–H groups in total. The molecule has 0 radical (unpaired) electrons. The van der Waals surface area contributed by atoms with Crippen LogP contribution >= 0.6 is 0 Å². The van der Waals surface area contributed by atoms with Gasteiger partial charge in [0.25, 0.3) is 5.91 Å².